The highest BCUT2D eigenvalue weighted by Gasteiger charge is 2.71. The molecule has 2 fully saturated rings. The van der Waals surface area contributed by atoms with Gasteiger partial charge in [0.2, 0.25) is 0 Å². The number of allylic oxidation sites excluding steroid dienone is 1. The Kier molecular flexibility index (Phi) is 2.76. The monoisotopic (exact) mass is 238 g/mol. The van der Waals surface area contributed by atoms with Crippen molar-refractivity contribution in [3.05, 3.63) is 12.7 Å². The van der Waals surface area contributed by atoms with Gasteiger partial charge in [-0.25, -0.2) is 0 Å². The van der Waals surface area contributed by atoms with E-state index in [0.717, 1.165) is 6.42 Å². The Bertz CT molecular complexity index is 354. The summed E-state index contributed by atoms with van der Waals surface area (Å²) in [7, 11) is 0. The van der Waals surface area contributed by atoms with Crippen LogP contribution in [-0.2, 0) is 19.1 Å². The third-order valence-corrected chi connectivity index (χ3v) is 3.75. The van der Waals surface area contributed by atoms with Gasteiger partial charge in [0.1, 0.15) is 0 Å². The van der Waals surface area contributed by atoms with Gasteiger partial charge in [-0.15, -0.1) is 6.58 Å². The molecule has 1 aliphatic carbocycles. The quantitative estimate of drug-likeness (QED) is 0.428. The molecule has 0 bridgehead atoms. The van der Waals surface area contributed by atoms with Crippen LogP contribution in [0.1, 0.15) is 39.5 Å². The molecule has 0 N–H and O–H groups in total. The molecule has 0 aromatic heterocycles. The summed E-state index contributed by atoms with van der Waals surface area (Å²) in [5.41, 5.74) is -1.08. The number of cyclic esters (lactones) is 2. The van der Waals surface area contributed by atoms with Crippen molar-refractivity contribution in [3.8, 4) is 0 Å². The number of ether oxygens (including phenoxy) is 2. The van der Waals surface area contributed by atoms with Gasteiger partial charge in [0.25, 0.3) is 5.79 Å². The molecule has 0 aromatic carbocycles. The SMILES string of the molecule is C=CC1CC12C(=O)OC(CC)(CCC)OC2=O. The Labute approximate surface area is 101 Å². The number of rotatable bonds is 4. The van der Waals surface area contributed by atoms with E-state index in [2.05, 4.69) is 6.58 Å². The van der Waals surface area contributed by atoms with Gasteiger partial charge in [-0.2, -0.15) is 0 Å². The average molecular weight is 238 g/mol. The average Bonchev–Trinajstić information content (AvgIpc) is 3.03. The Morgan fingerprint density at radius 2 is 1.94 bits per heavy atom. The highest BCUT2D eigenvalue weighted by molar-refractivity contribution is 6.05. The first kappa shape index (κ1) is 12.1. The normalized spacial score (nSPS) is 39.8. The van der Waals surface area contributed by atoms with Crippen LogP contribution in [0.4, 0.5) is 0 Å². The second-order valence-corrected chi connectivity index (χ2v) is 4.81. The maximum absolute atomic E-state index is 12.0. The van der Waals surface area contributed by atoms with Crippen molar-refractivity contribution in [3.63, 3.8) is 0 Å². The van der Waals surface area contributed by atoms with Gasteiger partial charge in [0, 0.05) is 18.8 Å². The molecule has 1 spiro atoms. The lowest BCUT2D eigenvalue weighted by molar-refractivity contribution is -0.258. The lowest BCUT2D eigenvalue weighted by Gasteiger charge is -2.38. The third-order valence-electron chi connectivity index (χ3n) is 3.75. The fourth-order valence-corrected chi connectivity index (χ4v) is 2.47. The zero-order chi connectivity index (χ0) is 12.7. The van der Waals surface area contributed by atoms with E-state index in [4.69, 9.17) is 9.47 Å². The molecule has 1 atom stereocenters. The summed E-state index contributed by atoms with van der Waals surface area (Å²) < 4.78 is 10.8. The van der Waals surface area contributed by atoms with E-state index in [0.29, 0.717) is 19.3 Å². The molecule has 1 heterocycles. The Hall–Kier alpha value is -1.32. The second kappa shape index (κ2) is 3.86. The van der Waals surface area contributed by atoms with Gasteiger partial charge in [0.15, 0.2) is 5.41 Å². The van der Waals surface area contributed by atoms with Gasteiger partial charge in [0.05, 0.1) is 0 Å². The molecule has 0 radical (unpaired) electrons. The van der Waals surface area contributed by atoms with E-state index < -0.39 is 23.1 Å². The van der Waals surface area contributed by atoms with Crippen LogP contribution in [0.15, 0.2) is 12.7 Å². The second-order valence-electron chi connectivity index (χ2n) is 4.81. The van der Waals surface area contributed by atoms with Crippen LogP contribution in [0, 0.1) is 11.3 Å². The largest absolute Gasteiger partial charge is 0.422 e. The molecule has 4 nitrogen and oxygen atoms in total. The first-order valence-electron chi connectivity index (χ1n) is 6.14. The zero-order valence-electron chi connectivity index (χ0n) is 10.3. The van der Waals surface area contributed by atoms with E-state index in [-0.39, 0.29) is 5.92 Å². The zero-order valence-corrected chi connectivity index (χ0v) is 10.3. The first-order chi connectivity index (χ1) is 8.04. The Balaban J connectivity index is 2.21. The molecule has 94 valence electrons. The van der Waals surface area contributed by atoms with Crippen LogP contribution < -0.4 is 0 Å². The Morgan fingerprint density at radius 3 is 2.29 bits per heavy atom. The lowest BCUT2D eigenvalue weighted by atomic mass is 9.99. The number of hydrogen-bond acceptors (Lipinski definition) is 4. The van der Waals surface area contributed by atoms with Crippen LogP contribution in [0.2, 0.25) is 0 Å². The highest BCUT2D eigenvalue weighted by Crippen LogP contribution is 2.58. The molecular weight excluding hydrogens is 220 g/mol. The summed E-state index contributed by atoms with van der Waals surface area (Å²) in [6, 6.07) is 0. The van der Waals surface area contributed by atoms with Crippen LogP contribution >= 0.6 is 0 Å². The molecule has 1 aliphatic heterocycles. The summed E-state index contributed by atoms with van der Waals surface area (Å²) in [4.78, 5) is 24.1. The van der Waals surface area contributed by atoms with Crippen molar-refractivity contribution < 1.29 is 19.1 Å². The summed E-state index contributed by atoms with van der Waals surface area (Å²) in [6.07, 6.45) is 3.94. The molecule has 1 saturated heterocycles. The summed E-state index contributed by atoms with van der Waals surface area (Å²) in [6.45, 7) is 7.44. The lowest BCUT2D eigenvalue weighted by Crippen LogP contribution is -2.51. The van der Waals surface area contributed by atoms with Crippen molar-refractivity contribution in [1.29, 1.82) is 0 Å². The number of carbonyl (C=O) groups is 2. The van der Waals surface area contributed by atoms with Gasteiger partial charge in [-0.3, -0.25) is 9.59 Å². The number of esters is 2. The van der Waals surface area contributed by atoms with Gasteiger partial charge >= 0.3 is 11.9 Å². The maximum Gasteiger partial charge on any atom is 0.327 e. The van der Waals surface area contributed by atoms with Crippen molar-refractivity contribution >= 4 is 11.9 Å². The molecule has 1 saturated carbocycles. The van der Waals surface area contributed by atoms with Crippen LogP contribution in [0.3, 0.4) is 0 Å². The minimum atomic E-state index is -1.08. The van der Waals surface area contributed by atoms with Gasteiger partial charge in [-0.1, -0.05) is 19.9 Å². The summed E-state index contributed by atoms with van der Waals surface area (Å²) >= 11 is 0. The molecule has 0 aromatic rings. The van der Waals surface area contributed by atoms with E-state index >= 15 is 0 Å². The predicted octanol–water partition coefficient (Wildman–Crippen LogP) is 2.19. The van der Waals surface area contributed by atoms with Crippen LogP contribution in [0.5, 0.6) is 0 Å². The molecule has 0 amide bonds. The van der Waals surface area contributed by atoms with Crippen LogP contribution in [-0.4, -0.2) is 17.7 Å². The third kappa shape index (κ3) is 1.58. The number of carbonyl (C=O) groups excluding carboxylic acids is 2. The van der Waals surface area contributed by atoms with E-state index in [1.807, 2.05) is 13.8 Å². The summed E-state index contributed by atoms with van der Waals surface area (Å²) in [5, 5.41) is 0. The molecular formula is C13H18O4. The molecule has 2 aliphatic rings. The molecule has 17 heavy (non-hydrogen) atoms. The molecule has 1 unspecified atom stereocenters. The predicted molar refractivity (Wildman–Crippen MR) is 60.9 cm³/mol. The van der Waals surface area contributed by atoms with E-state index in [1.165, 1.54) is 0 Å². The topological polar surface area (TPSA) is 52.6 Å². The van der Waals surface area contributed by atoms with E-state index in [9.17, 15) is 9.59 Å². The molecule has 4 heteroatoms. The highest BCUT2D eigenvalue weighted by atomic mass is 16.7. The maximum atomic E-state index is 12.0. The van der Waals surface area contributed by atoms with Gasteiger partial charge in [-0.05, 0) is 12.8 Å². The van der Waals surface area contributed by atoms with Gasteiger partial charge < -0.3 is 9.47 Å². The smallest absolute Gasteiger partial charge is 0.327 e. The molecule has 2 rings (SSSR count). The van der Waals surface area contributed by atoms with Crippen molar-refractivity contribution in [2.45, 2.75) is 45.3 Å². The minimum Gasteiger partial charge on any atom is -0.422 e. The number of hydrogen-bond donors (Lipinski definition) is 0. The minimum absolute atomic E-state index is 0.126. The van der Waals surface area contributed by atoms with Crippen molar-refractivity contribution in [2.24, 2.45) is 11.3 Å². The first-order valence-corrected chi connectivity index (χ1v) is 6.14. The summed E-state index contributed by atoms with van der Waals surface area (Å²) in [5.74, 6) is -2.04. The fraction of sp³-hybridized carbons (Fsp3) is 0.692. The van der Waals surface area contributed by atoms with Crippen molar-refractivity contribution in [1.82, 2.24) is 0 Å². The standard InChI is InChI=1S/C13H18O4/c1-4-7-12(6-3)16-10(14)13(11(15)17-12)8-9(13)5-2/h5,9H,2,4,6-8H2,1,3H3. The van der Waals surface area contributed by atoms with Crippen molar-refractivity contribution in [2.75, 3.05) is 0 Å². The van der Waals surface area contributed by atoms with Crippen LogP contribution in [0.25, 0.3) is 0 Å². The fourth-order valence-electron chi connectivity index (χ4n) is 2.47. The van der Waals surface area contributed by atoms with E-state index in [1.54, 1.807) is 6.08 Å². The Morgan fingerprint density at radius 1 is 1.35 bits per heavy atom.